The third-order valence-corrected chi connectivity index (χ3v) is 0.912. The predicted octanol–water partition coefficient (Wildman–Crippen LogP) is 1.13. The summed E-state index contributed by atoms with van der Waals surface area (Å²) in [6, 6.07) is 0.380. The van der Waals surface area contributed by atoms with Gasteiger partial charge in [0.1, 0.15) is 6.23 Å². The van der Waals surface area contributed by atoms with Gasteiger partial charge in [0.2, 0.25) is 0 Å². The monoisotopic (exact) mass is 153 g/mol. The number of aliphatic hydroxyl groups is 1. The molecule has 9 heavy (non-hydrogen) atoms. The zero-order valence-electron chi connectivity index (χ0n) is 6.22. The summed E-state index contributed by atoms with van der Waals surface area (Å²) in [5, 5.41) is 11.9. The van der Waals surface area contributed by atoms with Crippen LogP contribution in [0.25, 0.3) is 0 Å². The molecule has 0 aromatic carbocycles. The molecule has 0 saturated carbocycles. The Bertz CT molecular complexity index is 59.0. The Kier molecular flexibility index (Phi) is 8.40. The number of rotatable bonds is 3. The summed E-state index contributed by atoms with van der Waals surface area (Å²) in [7, 11) is 0. The van der Waals surface area contributed by atoms with Crippen LogP contribution in [0.2, 0.25) is 0 Å². The summed E-state index contributed by atoms with van der Waals surface area (Å²) in [6.07, 6.45) is 0.452. The third kappa shape index (κ3) is 8.21. The predicted molar refractivity (Wildman–Crippen MR) is 41.8 cm³/mol. The molecule has 0 fully saturated rings. The van der Waals surface area contributed by atoms with Gasteiger partial charge in [0.25, 0.3) is 0 Å². The third-order valence-electron chi connectivity index (χ3n) is 0.912. The average molecular weight is 154 g/mol. The Morgan fingerprint density at radius 2 is 1.89 bits per heavy atom. The maximum Gasteiger partial charge on any atom is 0.104 e. The summed E-state index contributed by atoms with van der Waals surface area (Å²) >= 11 is 0. The molecule has 0 radical (unpaired) electrons. The maximum absolute atomic E-state index is 8.92. The second kappa shape index (κ2) is 6.33. The topological polar surface area (TPSA) is 32.3 Å². The van der Waals surface area contributed by atoms with Gasteiger partial charge in [-0.2, -0.15) is 0 Å². The van der Waals surface area contributed by atoms with Crippen molar-refractivity contribution >= 4 is 12.4 Å². The Labute approximate surface area is 63.1 Å². The summed E-state index contributed by atoms with van der Waals surface area (Å²) in [6.45, 7) is 5.97. The van der Waals surface area contributed by atoms with Crippen LogP contribution in [0.15, 0.2) is 0 Å². The number of nitrogens with one attached hydrogen (secondary N) is 1. The molecule has 0 aliphatic carbocycles. The van der Waals surface area contributed by atoms with Crippen LogP contribution in [0.1, 0.15) is 27.2 Å². The van der Waals surface area contributed by atoms with Gasteiger partial charge in [-0.05, 0) is 20.3 Å². The molecule has 1 atom stereocenters. The van der Waals surface area contributed by atoms with Gasteiger partial charge in [0.05, 0.1) is 0 Å². The minimum atomic E-state index is -0.324. The van der Waals surface area contributed by atoms with Gasteiger partial charge < -0.3 is 5.11 Å². The Morgan fingerprint density at radius 1 is 1.44 bits per heavy atom. The average Bonchev–Trinajstić information content (AvgIpc) is 1.65. The fourth-order valence-electron chi connectivity index (χ4n) is 0.503. The van der Waals surface area contributed by atoms with Crippen molar-refractivity contribution in [1.29, 1.82) is 0 Å². The molecular formula is C6H16ClNO. The first kappa shape index (κ1) is 11.9. The van der Waals surface area contributed by atoms with Gasteiger partial charge in [-0.3, -0.25) is 5.32 Å². The molecule has 2 nitrogen and oxygen atoms in total. The molecule has 0 saturated heterocycles. The normalized spacial score (nSPS) is 13.0. The molecule has 0 rings (SSSR count). The van der Waals surface area contributed by atoms with E-state index in [0.717, 1.165) is 6.42 Å². The second-order valence-corrected chi connectivity index (χ2v) is 2.25. The highest BCUT2D eigenvalue weighted by Gasteiger charge is 1.99. The molecule has 0 heterocycles. The molecule has 1 unspecified atom stereocenters. The van der Waals surface area contributed by atoms with Crippen molar-refractivity contribution in [3.8, 4) is 0 Å². The molecule has 0 spiro atoms. The van der Waals surface area contributed by atoms with Crippen LogP contribution in [0.4, 0.5) is 0 Å². The van der Waals surface area contributed by atoms with Crippen LogP contribution in [0, 0.1) is 0 Å². The highest BCUT2D eigenvalue weighted by molar-refractivity contribution is 5.85. The molecule has 0 aromatic rings. The summed E-state index contributed by atoms with van der Waals surface area (Å²) in [4.78, 5) is 0. The Balaban J connectivity index is 0. The van der Waals surface area contributed by atoms with Gasteiger partial charge in [0, 0.05) is 6.04 Å². The molecular weight excluding hydrogens is 138 g/mol. The fourth-order valence-corrected chi connectivity index (χ4v) is 0.503. The number of hydrogen-bond donors (Lipinski definition) is 2. The quantitative estimate of drug-likeness (QED) is 0.596. The lowest BCUT2D eigenvalue weighted by Gasteiger charge is -2.12. The van der Waals surface area contributed by atoms with E-state index >= 15 is 0 Å². The molecule has 0 aromatic heterocycles. The van der Waals surface area contributed by atoms with Crippen LogP contribution in [-0.2, 0) is 0 Å². The lowest BCUT2D eigenvalue weighted by molar-refractivity contribution is 0.123. The van der Waals surface area contributed by atoms with Crippen molar-refractivity contribution in [2.45, 2.75) is 39.5 Å². The van der Waals surface area contributed by atoms with Crippen molar-refractivity contribution in [2.75, 3.05) is 0 Å². The van der Waals surface area contributed by atoms with Crippen LogP contribution >= 0.6 is 12.4 Å². The van der Waals surface area contributed by atoms with E-state index in [2.05, 4.69) is 5.32 Å². The van der Waals surface area contributed by atoms with Crippen molar-refractivity contribution in [1.82, 2.24) is 5.32 Å². The first-order valence-corrected chi connectivity index (χ1v) is 3.11. The highest BCUT2D eigenvalue weighted by atomic mass is 35.5. The zero-order chi connectivity index (χ0) is 6.57. The van der Waals surface area contributed by atoms with Crippen molar-refractivity contribution in [3.05, 3.63) is 0 Å². The first-order valence-electron chi connectivity index (χ1n) is 3.11. The Morgan fingerprint density at radius 3 is 2.00 bits per heavy atom. The summed E-state index contributed by atoms with van der Waals surface area (Å²) < 4.78 is 0. The van der Waals surface area contributed by atoms with Gasteiger partial charge in [-0.1, -0.05) is 6.92 Å². The molecule has 0 aliphatic rings. The van der Waals surface area contributed by atoms with E-state index in [1.807, 2.05) is 20.8 Å². The van der Waals surface area contributed by atoms with Gasteiger partial charge in [-0.15, -0.1) is 12.4 Å². The smallest absolute Gasteiger partial charge is 0.104 e. The standard InChI is InChI=1S/C6H15NO.ClH/c1-4-6(8)7-5(2)3;/h5-8H,4H2,1-3H3;1H. The van der Waals surface area contributed by atoms with E-state index in [1.165, 1.54) is 0 Å². The van der Waals surface area contributed by atoms with Crippen molar-refractivity contribution in [3.63, 3.8) is 0 Å². The number of halogens is 1. The highest BCUT2D eigenvalue weighted by Crippen LogP contribution is 1.86. The van der Waals surface area contributed by atoms with Crippen molar-refractivity contribution < 1.29 is 5.11 Å². The Hall–Kier alpha value is 0.210. The molecule has 58 valence electrons. The van der Waals surface area contributed by atoms with Crippen LogP contribution in [0.5, 0.6) is 0 Å². The minimum Gasteiger partial charge on any atom is -0.379 e. The van der Waals surface area contributed by atoms with Gasteiger partial charge in [0.15, 0.2) is 0 Å². The van der Waals surface area contributed by atoms with E-state index in [4.69, 9.17) is 5.11 Å². The van der Waals surface area contributed by atoms with Crippen molar-refractivity contribution in [2.24, 2.45) is 0 Å². The molecule has 0 bridgehead atoms. The van der Waals surface area contributed by atoms with Gasteiger partial charge >= 0.3 is 0 Å². The van der Waals surface area contributed by atoms with E-state index in [1.54, 1.807) is 0 Å². The van der Waals surface area contributed by atoms with Crippen LogP contribution in [0.3, 0.4) is 0 Å². The second-order valence-electron chi connectivity index (χ2n) is 2.25. The van der Waals surface area contributed by atoms with Crippen LogP contribution < -0.4 is 5.32 Å². The fraction of sp³-hybridized carbons (Fsp3) is 1.00. The molecule has 0 amide bonds. The molecule has 2 N–H and O–H groups in total. The lowest BCUT2D eigenvalue weighted by atomic mass is 10.3. The van der Waals surface area contributed by atoms with Crippen LogP contribution in [-0.4, -0.2) is 17.4 Å². The minimum absolute atomic E-state index is 0. The summed E-state index contributed by atoms with van der Waals surface area (Å²) in [5.74, 6) is 0. The zero-order valence-corrected chi connectivity index (χ0v) is 7.03. The largest absolute Gasteiger partial charge is 0.379 e. The number of hydrogen-bond acceptors (Lipinski definition) is 2. The van der Waals surface area contributed by atoms with E-state index in [0.29, 0.717) is 6.04 Å². The summed E-state index contributed by atoms with van der Waals surface area (Å²) in [5.41, 5.74) is 0. The SMILES string of the molecule is CCC(O)NC(C)C.Cl. The van der Waals surface area contributed by atoms with E-state index in [9.17, 15) is 0 Å². The van der Waals surface area contributed by atoms with Gasteiger partial charge in [-0.25, -0.2) is 0 Å². The first-order chi connectivity index (χ1) is 3.66. The van der Waals surface area contributed by atoms with E-state index < -0.39 is 0 Å². The maximum atomic E-state index is 8.92. The molecule has 0 aliphatic heterocycles. The molecule has 3 heteroatoms. The number of aliphatic hydroxyl groups excluding tert-OH is 1. The lowest BCUT2D eigenvalue weighted by Crippen LogP contribution is -2.33. The van der Waals surface area contributed by atoms with E-state index in [-0.39, 0.29) is 18.6 Å².